The van der Waals surface area contributed by atoms with Gasteiger partial charge < -0.3 is 30.0 Å². The third-order valence-electron chi connectivity index (χ3n) is 4.73. The second-order valence-electron chi connectivity index (χ2n) is 6.13. The van der Waals surface area contributed by atoms with Crippen molar-refractivity contribution in [1.82, 2.24) is 0 Å². The van der Waals surface area contributed by atoms with E-state index in [1.807, 2.05) is 0 Å². The summed E-state index contributed by atoms with van der Waals surface area (Å²) in [5.41, 5.74) is 3.89. The van der Waals surface area contributed by atoms with Gasteiger partial charge >= 0.3 is 23.9 Å². The molecule has 10 nitrogen and oxygen atoms in total. The number of hydrogen-bond acceptors (Lipinski definition) is 10. The van der Waals surface area contributed by atoms with E-state index in [1.54, 1.807) is 18.2 Å². The van der Waals surface area contributed by atoms with Crippen molar-refractivity contribution < 1.29 is 38.1 Å². The molecule has 10 heteroatoms. The van der Waals surface area contributed by atoms with E-state index in [0.29, 0.717) is 5.69 Å². The molecule has 0 amide bonds. The number of methoxy groups -OCH3 is 3. The molecule has 1 spiro atoms. The van der Waals surface area contributed by atoms with Crippen molar-refractivity contribution in [2.45, 2.75) is 11.8 Å². The zero-order valence-electron chi connectivity index (χ0n) is 15.9. The van der Waals surface area contributed by atoms with Crippen LogP contribution in [0.25, 0.3) is 0 Å². The van der Waals surface area contributed by atoms with Gasteiger partial charge in [-0.1, -0.05) is 18.2 Å². The molecule has 0 aromatic heterocycles. The van der Waals surface area contributed by atoms with Gasteiger partial charge in [0.2, 0.25) is 0 Å². The van der Waals surface area contributed by atoms with Crippen LogP contribution in [-0.2, 0) is 43.5 Å². The first kappa shape index (κ1) is 19.9. The van der Waals surface area contributed by atoms with E-state index in [9.17, 15) is 19.2 Å². The second-order valence-corrected chi connectivity index (χ2v) is 6.13. The number of ether oxygens (including phenoxy) is 4. The summed E-state index contributed by atoms with van der Waals surface area (Å²) in [6, 6.07) is 6.42. The zero-order chi connectivity index (χ0) is 21.3. The van der Waals surface area contributed by atoms with Gasteiger partial charge in [-0.3, -0.25) is 4.79 Å². The summed E-state index contributed by atoms with van der Waals surface area (Å²) in [5.74, 6) is -4.17. The maximum Gasteiger partial charge on any atom is 0.339 e. The fourth-order valence-corrected chi connectivity index (χ4v) is 3.55. The molecule has 29 heavy (non-hydrogen) atoms. The maximum atomic E-state index is 13.3. The molecular weight excluding hydrogens is 384 g/mol. The Kier molecular flexibility index (Phi) is 5.02. The average molecular weight is 402 g/mol. The summed E-state index contributed by atoms with van der Waals surface area (Å²) in [7, 11) is 3.35. The molecule has 2 aliphatic heterocycles. The van der Waals surface area contributed by atoms with Crippen LogP contribution in [0.5, 0.6) is 0 Å². The highest BCUT2D eigenvalue weighted by molar-refractivity contribution is 6.16. The molecule has 0 saturated heterocycles. The lowest BCUT2D eigenvalue weighted by atomic mass is 9.66. The summed E-state index contributed by atoms with van der Waals surface area (Å²) in [5, 5.41) is 2.82. The van der Waals surface area contributed by atoms with Crippen LogP contribution in [-0.4, -0.2) is 45.2 Å². The summed E-state index contributed by atoms with van der Waals surface area (Å²) >= 11 is 0. The lowest BCUT2D eigenvalue weighted by molar-refractivity contribution is -0.147. The minimum absolute atomic E-state index is 0.201. The van der Waals surface area contributed by atoms with Crippen LogP contribution >= 0.6 is 0 Å². The first-order valence-electron chi connectivity index (χ1n) is 8.38. The molecular formula is C19H18N2O8. The van der Waals surface area contributed by atoms with Crippen molar-refractivity contribution in [3.05, 3.63) is 52.6 Å². The minimum atomic E-state index is -2.07. The van der Waals surface area contributed by atoms with Crippen LogP contribution in [0, 0.1) is 0 Å². The fraction of sp³-hybridized carbons (Fsp3) is 0.263. The summed E-state index contributed by atoms with van der Waals surface area (Å²) in [6.45, 7) is 0. The molecule has 0 unspecified atom stereocenters. The van der Waals surface area contributed by atoms with E-state index in [-0.39, 0.29) is 28.3 Å². The minimum Gasteiger partial charge on any atom is -0.469 e. The number of nitrogens with two attached hydrogens (primary N) is 1. The number of carbonyl (C=O) groups is 4. The SMILES string of the molecule is COC(=O)CC1=C(C(=O)OC)[C@@]2(C(=O)O1)C(C(=O)OC)=C(N)Nc1ccccc12. The van der Waals surface area contributed by atoms with Gasteiger partial charge in [-0.2, -0.15) is 0 Å². The number of benzene rings is 1. The monoisotopic (exact) mass is 402 g/mol. The van der Waals surface area contributed by atoms with E-state index < -0.39 is 35.7 Å². The molecule has 2 aliphatic rings. The smallest absolute Gasteiger partial charge is 0.339 e. The van der Waals surface area contributed by atoms with Gasteiger partial charge in [-0.15, -0.1) is 0 Å². The number of nitrogens with one attached hydrogen (secondary N) is 1. The summed E-state index contributed by atoms with van der Waals surface area (Å²) in [4.78, 5) is 50.5. The molecule has 1 aromatic carbocycles. The van der Waals surface area contributed by atoms with Crippen molar-refractivity contribution in [3.8, 4) is 0 Å². The van der Waals surface area contributed by atoms with Crippen molar-refractivity contribution in [3.63, 3.8) is 0 Å². The zero-order valence-corrected chi connectivity index (χ0v) is 15.9. The number of para-hydroxylation sites is 1. The Hall–Kier alpha value is -3.82. The Morgan fingerprint density at radius 2 is 1.66 bits per heavy atom. The first-order valence-corrected chi connectivity index (χ1v) is 8.38. The van der Waals surface area contributed by atoms with Gasteiger partial charge in [0.1, 0.15) is 29.1 Å². The third-order valence-corrected chi connectivity index (χ3v) is 4.73. The van der Waals surface area contributed by atoms with E-state index in [1.165, 1.54) is 6.07 Å². The third kappa shape index (κ3) is 2.80. The van der Waals surface area contributed by atoms with Crippen molar-refractivity contribution in [2.75, 3.05) is 26.6 Å². The van der Waals surface area contributed by atoms with Crippen LogP contribution in [0.1, 0.15) is 12.0 Å². The van der Waals surface area contributed by atoms with Gasteiger partial charge in [-0.05, 0) is 6.07 Å². The molecule has 1 aromatic rings. The predicted octanol–water partition coefficient (Wildman–Crippen LogP) is 0.240. The molecule has 0 fully saturated rings. The van der Waals surface area contributed by atoms with Gasteiger partial charge in [0, 0.05) is 11.3 Å². The second kappa shape index (κ2) is 7.30. The molecule has 1 atom stereocenters. The lowest BCUT2D eigenvalue weighted by Crippen LogP contribution is -2.47. The molecule has 3 N–H and O–H groups in total. The largest absolute Gasteiger partial charge is 0.469 e. The van der Waals surface area contributed by atoms with Crippen LogP contribution < -0.4 is 11.1 Å². The van der Waals surface area contributed by atoms with Gasteiger partial charge in [-0.25, -0.2) is 14.4 Å². The van der Waals surface area contributed by atoms with E-state index in [2.05, 4.69) is 10.1 Å². The van der Waals surface area contributed by atoms with Crippen LogP contribution in [0.3, 0.4) is 0 Å². The molecule has 0 radical (unpaired) electrons. The Bertz CT molecular complexity index is 994. The van der Waals surface area contributed by atoms with E-state index in [4.69, 9.17) is 19.9 Å². The molecule has 0 aliphatic carbocycles. The van der Waals surface area contributed by atoms with Crippen LogP contribution in [0.15, 0.2) is 47.0 Å². The number of esters is 4. The highest BCUT2D eigenvalue weighted by atomic mass is 16.6. The van der Waals surface area contributed by atoms with E-state index in [0.717, 1.165) is 21.3 Å². The van der Waals surface area contributed by atoms with Gasteiger partial charge in [0.15, 0.2) is 5.41 Å². The quantitative estimate of drug-likeness (QED) is 0.531. The normalized spacial score (nSPS) is 20.0. The molecule has 152 valence electrons. The van der Waals surface area contributed by atoms with Crippen LogP contribution in [0.2, 0.25) is 0 Å². The molecule has 2 heterocycles. The number of anilines is 1. The molecule has 0 saturated carbocycles. The Labute approximate surface area is 165 Å². The average Bonchev–Trinajstić information content (AvgIpc) is 2.98. The lowest BCUT2D eigenvalue weighted by Gasteiger charge is -2.35. The standard InChI is InChI=1S/C19H18N2O8/c1-26-12(22)8-11-13(16(23)27-2)19(18(25)29-11)9-6-4-5-7-10(9)21-15(20)14(19)17(24)28-3/h4-7,21H,8,20H2,1-3H3/t19-/m1/s1. The number of fused-ring (bicyclic) bond motifs is 2. The maximum absolute atomic E-state index is 13.3. The molecule has 3 rings (SSSR count). The number of carbonyl (C=O) groups excluding carboxylic acids is 4. The van der Waals surface area contributed by atoms with Crippen molar-refractivity contribution in [2.24, 2.45) is 5.73 Å². The van der Waals surface area contributed by atoms with Crippen molar-refractivity contribution in [1.29, 1.82) is 0 Å². The highest BCUT2D eigenvalue weighted by Gasteiger charge is 2.63. The summed E-state index contributed by atoms with van der Waals surface area (Å²) in [6.07, 6.45) is -0.529. The topological polar surface area (TPSA) is 143 Å². The number of hydrogen-bond donors (Lipinski definition) is 2. The number of cyclic esters (lactones) is 1. The highest BCUT2D eigenvalue weighted by Crippen LogP contribution is 2.53. The number of rotatable bonds is 4. The Morgan fingerprint density at radius 3 is 2.28 bits per heavy atom. The van der Waals surface area contributed by atoms with E-state index >= 15 is 0 Å². The molecule has 0 bridgehead atoms. The predicted molar refractivity (Wildman–Crippen MR) is 96.7 cm³/mol. The fourth-order valence-electron chi connectivity index (χ4n) is 3.55. The van der Waals surface area contributed by atoms with Crippen molar-refractivity contribution >= 4 is 29.6 Å². The summed E-state index contributed by atoms with van der Waals surface area (Å²) < 4.78 is 19.6. The Morgan fingerprint density at radius 1 is 1.03 bits per heavy atom. The first-order chi connectivity index (χ1) is 13.8. The van der Waals surface area contributed by atoms with Gasteiger partial charge in [0.25, 0.3) is 0 Å². The van der Waals surface area contributed by atoms with Crippen LogP contribution in [0.4, 0.5) is 5.69 Å². The Balaban J connectivity index is 2.43. The van der Waals surface area contributed by atoms with Gasteiger partial charge in [0.05, 0.1) is 21.3 Å².